The molecule has 2 aromatic carbocycles. The molecule has 0 bridgehead atoms. The number of hydrogen-bond donors (Lipinski definition) is 1. The number of nitrogens with zero attached hydrogens (tertiary/aromatic N) is 4. The Kier molecular flexibility index (Phi) is 7.16. The molecule has 4 rings (SSSR count). The molecular weight excluding hydrogens is 433 g/mol. The molecule has 0 spiro atoms. The van der Waals surface area contributed by atoms with E-state index in [2.05, 4.69) is 44.7 Å². The molecule has 1 amide bonds. The van der Waals surface area contributed by atoms with Crippen molar-refractivity contribution in [2.24, 2.45) is 0 Å². The quantitative estimate of drug-likeness (QED) is 0.536. The molecule has 1 saturated heterocycles. The van der Waals surface area contributed by atoms with E-state index in [-0.39, 0.29) is 17.0 Å². The van der Waals surface area contributed by atoms with Gasteiger partial charge in [0.15, 0.2) is 4.34 Å². The highest BCUT2D eigenvalue weighted by atomic mass is 32.2. The lowest BCUT2D eigenvalue weighted by Gasteiger charge is -2.35. The molecule has 31 heavy (non-hydrogen) atoms. The van der Waals surface area contributed by atoms with Crippen LogP contribution in [0.1, 0.15) is 12.5 Å². The van der Waals surface area contributed by atoms with Gasteiger partial charge in [0.1, 0.15) is 5.82 Å². The Morgan fingerprint density at radius 3 is 2.55 bits per heavy atom. The number of para-hydroxylation sites is 1. The van der Waals surface area contributed by atoms with Crippen molar-refractivity contribution in [1.29, 1.82) is 0 Å². The SMILES string of the molecule is CC(Sc1nnc(Nc2ccccc2F)s1)C(=O)N1CCN(Cc2ccccc2)CC1. The minimum Gasteiger partial charge on any atom is -0.339 e. The highest BCUT2D eigenvalue weighted by Crippen LogP contribution is 2.31. The Balaban J connectivity index is 1.26. The van der Waals surface area contributed by atoms with Crippen LogP contribution >= 0.6 is 23.1 Å². The number of carbonyl (C=O) groups is 1. The first kappa shape index (κ1) is 21.7. The first-order chi connectivity index (χ1) is 15.1. The van der Waals surface area contributed by atoms with Crippen molar-refractivity contribution in [2.45, 2.75) is 23.1 Å². The molecule has 162 valence electrons. The fourth-order valence-electron chi connectivity index (χ4n) is 3.41. The van der Waals surface area contributed by atoms with Gasteiger partial charge < -0.3 is 10.2 Å². The van der Waals surface area contributed by atoms with Gasteiger partial charge in [-0.2, -0.15) is 0 Å². The molecule has 1 fully saturated rings. The van der Waals surface area contributed by atoms with Gasteiger partial charge in [0.05, 0.1) is 10.9 Å². The van der Waals surface area contributed by atoms with Crippen molar-refractivity contribution >= 4 is 39.8 Å². The van der Waals surface area contributed by atoms with E-state index in [1.54, 1.807) is 18.2 Å². The van der Waals surface area contributed by atoms with Gasteiger partial charge >= 0.3 is 0 Å². The van der Waals surface area contributed by atoms with Crippen molar-refractivity contribution in [3.63, 3.8) is 0 Å². The molecule has 0 radical (unpaired) electrons. The summed E-state index contributed by atoms with van der Waals surface area (Å²) in [4.78, 5) is 17.2. The zero-order chi connectivity index (χ0) is 21.6. The summed E-state index contributed by atoms with van der Waals surface area (Å²) < 4.78 is 14.5. The van der Waals surface area contributed by atoms with Crippen molar-refractivity contribution in [2.75, 3.05) is 31.5 Å². The molecule has 1 atom stereocenters. The molecule has 0 aliphatic carbocycles. The van der Waals surface area contributed by atoms with Crippen LogP contribution in [0.15, 0.2) is 58.9 Å². The minimum atomic E-state index is -0.346. The smallest absolute Gasteiger partial charge is 0.235 e. The number of aromatic nitrogens is 2. The summed E-state index contributed by atoms with van der Waals surface area (Å²) >= 11 is 2.71. The zero-order valence-corrected chi connectivity index (χ0v) is 18.8. The van der Waals surface area contributed by atoms with Crippen LogP contribution in [0, 0.1) is 5.82 Å². The van der Waals surface area contributed by atoms with Gasteiger partial charge in [-0.25, -0.2) is 4.39 Å². The molecule has 1 N–H and O–H groups in total. The number of piperazine rings is 1. The summed E-state index contributed by atoms with van der Waals surface area (Å²) in [6.07, 6.45) is 0. The number of hydrogen-bond acceptors (Lipinski definition) is 7. The average Bonchev–Trinajstić information content (AvgIpc) is 3.23. The zero-order valence-electron chi connectivity index (χ0n) is 17.2. The topological polar surface area (TPSA) is 61.4 Å². The van der Waals surface area contributed by atoms with Gasteiger partial charge in [-0.05, 0) is 24.6 Å². The van der Waals surface area contributed by atoms with Crippen molar-refractivity contribution in [1.82, 2.24) is 20.0 Å². The Morgan fingerprint density at radius 1 is 1.10 bits per heavy atom. The van der Waals surface area contributed by atoms with E-state index in [1.807, 2.05) is 17.9 Å². The fourth-order valence-corrected chi connectivity index (χ4v) is 5.40. The molecule has 1 aliphatic rings. The van der Waals surface area contributed by atoms with Crippen molar-refractivity contribution < 1.29 is 9.18 Å². The molecule has 9 heteroatoms. The second-order valence-electron chi connectivity index (χ2n) is 7.33. The second-order valence-corrected chi connectivity index (χ2v) is 9.89. The largest absolute Gasteiger partial charge is 0.339 e. The van der Waals surface area contributed by atoms with E-state index >= 15 is 0 Å². The normalized spacial score (nSPS) is 15.6. The third-order valence-corrected chi connectivity index (χ3v) is 7.09. The van der Waals surface area contributed by atoms with Crippen LogP contribution in [0.2, 0.25) is 0 Å². The lowest BCUT2D eigenvalue weighted by atomic mass is 10.2. The number of rotatable bonds is 7. The summed E-state index contributed by atoms with van der Waals surface area (Å²) in [6.45, 7) is 6.01. The molecule has 3 aromatic rings. The van der Waals surface area contributed by atoms with Crippen LogP contribution in [0.3, 0.4) is 0 Å². The van der Waals surface area contributed by atoms with E-state index in [4.69, 9.17) is 0 Å². The monoisotopic (exact) mass is 457 g/mol. The molecule has 2 heterocycles. The van der Waals surface area contributed by atoms with E-state index in [0.717, 1.165) is 32.7 Å². The number of anilines is 2. The molecule has 1 unspecified atom stereocenters. The maximum absolute atomic E-state index is 13.8. The third kappa shape index (κ3) is 5.81. The molecule has 1 aromatic heterocycles. The predicted molar refractivity (Wildman–Crippen MR) is 123 cm³/mol. The second kappa shape index (κ2) is 10.2. The van der Waals surface area contributed by atoms with Gasteiger partial charge in [-0.1, -0.05) is 65.6 Å². The molecule has 0 saturated carbocycles. The van der Waals surface area contributed by atoms with Gasteiger partial charge in [0.2, 0.25) is 11.0 Å². The van der Waals surface area contributed by atoms with Crippen molar-refractivity contribution in [3.8, 4) is 0 Å². The number of nitrogens with one attached hydrogen (secondary N) is 1. The Labute approximate surface area is 189 Å². The number of amides is 1. The summed E-state index contributed by atoms with van der Waals surface area (Å²) in [7, 11) is 0. The summed E-state index contributed by atoms with van der Waals surface area (Å²) in [6, 6.07) is 16.8. The van der Waals surface area contributed by atoms with E-state index < -0.39 is 0 Å². The standard InChI is InChI=1S/C22H24FN5OS2/c1-16(30-22-26-25-21(31-22)24-19-10-6-5-9-18(19)23)20(29)28-13-11-27(12-14-28)15-17-7-3-2-4-8-17/h2-10,16H,11-15H2,1H3,(H,24,25). The van der Waals surface area contributed by atoms with E-state index in [9.17, 15) is 9.18 Å². The van der Waals surface area contributed by atoms with Gasteiger partial charge in [0.25, 0.3) is 0 Å². The maximum Gasteiger partial charge on any atom is 0.235 e. The van der Waals surface area contributed by atoms with Crippen LogP contribution < -0.4 is 5.32 Å². The minimum absolute atomic E-state index is 0.114. The maximum atomic E-state index is 13.8. The lowest BCUT2D eigenvalue weighted by Crippen LogP contribution is -2.50. The molecule has 6 nitrogen and oxygen atoms in total. The highest BCUT2D eigenvalue weighted by Gasteiger charge is 2.26. The first-order valence-corrected chi connectivity index (χ1v) is 11.8. The van der Waals surface area contributed by atoms with E-state index in [1.165, 1.54) is 34.7 Å². The number of carbonyl (C=O) groups excluding carboxylic acids is 1. The summed E-state index contributed by atoms with van der Waals surface area (Å²) in [5.41, 5.74) is 1.65. The van der Waals surface area contributed by atoms with Gasteiger partial charge in [-0.15, -0.1) is 10.2 Å². The predicted octanol–water partition coefficient (Wildman–Crippen LogP) is 4.25. The fraction of sp³-hybridized carbons (Fsp3) is 0.318. The third-order valence-electron chi connectivity index (χ3n) is 5.08. The van der Waals surface area contributed by atoms with Crippen LogP contribution in [-0.4, -0.2) is 57.3 Å². The highest BCUT2D eigenvalue weighted by molar-refractivity contribution is 8.02. The summed E-state index contributed by atoms with van der Waals surface area (Å²) in [5, 5.41) is 11.4. The van der Waals surface area contributed by atoms with Crippen LogP contribution in [0.5, 0.6) is 0 Å². The Hall–Kier alpha value is -2.49. The first-order valence-electron chi connectivity index (χ1n) is 10.2. The van der Waals surface area contributed by atoms with Crippen LogP contribution in [-0.2, 0) is 11.3 Å². The average molecular weight is 458 g/mol. The van der Waals surface area contributed by atoms with Gasteiger partial charge in [0, 0.05) is 32.7 Å². The van der Waals surface area contributed by atoms with Gasteiger partial charge in [-0.3, -0.25) is 9.69 Å². The molecule has 1 aliphatic heterocycles. The lowest BCUT2D eigenvalue weighted by molar-refractivity contribution is -0.132. The number of halogens is 1. The van der Waals surface area contributed by atoms with Crippen LogP contribution in [0.25, 0.3) is 0 Å². The number of benzene rings is 2. The Morgan fingerprint density at radius 2 is 1.81 bits per heavy atom. The number of thioether (sulfide) groups is 1. The Bertz CT molecular complexity index is 1010. The summed E-state index contributed by atoms with van der Waals surface area (Å²) in [5.74, 6) is -0.231. The molecular formula is C22H24FN5OS2. The van der Waals surface area contributed by atoms with E-state index in [0.29, 0.717) is 15.2 Å². The van der Waals surface area contributed by atoms with Crippen molar-refractivity contribution in [3.05, 3.63) is 66.0 Å². The van der Waals surface area contributed by atoms with Crippen LogP contribution in [0.4, 0.5) is 15.2 Å².